The monoisotopic (exact) mass is 500 g/mol. The maximum absolute atomic E-state index is 6.07. The Bertz CT molecular complexity index is 1030. The van der Waals surface area contributed by atoms with Crippen LogP contribution in [0.25, 0.3) is 0 Å². The number of hydrogen-bond donors (Lipinski definition) is 0. The van der Waals surface area contributed by atoms with Crippen molar-refractivity contribution in [2.75, 3.05) is 19.8 Å². The molecule has 2 heterocycles. The van der Waals surface area contributed by atoms with Crippen LogP contribution in [0.1, 0.15) is 61.1 Å². The van der Waals surface area contributed by atoms with Crippen LogP contribution in [0.5, 0.6) is 17.2 Å². The van der Waals surface area contributed by atoms with Crippen LogP contribution in [0, 0.1) is 0 Å². The van der Waals surface area contributed by atoms with Gasteiger partial charge in [-0.2, -0.15) is 0 Å². The Morgan fingerprint density at radius 3 is 1.46 bits per heavy atom. The van der Waals surface area contributed by atoms with Gasteiger partial charge in [0.1, 0.15) is 23.9 Å². The van der Waals surface area contributed by atoms with E-state index in [1.54, 1.807) is 6.08 Å². The van der Waals surface area contributed by atoms with Gasteiger partial charge in [0.2, 0.25) is 0 Å². The van der Waals surface area contributed by atoms with E-state index in [1.807, 2.05) is 36.4 Å². The van der Waals surface area contributed by atoms with Gasteiger partial charge in [-0.05, 0) is 78.8 Å². The summed E-state index contributed by atoms with van der Waals surface area (Å²) in [4.78, 5) is 0. The predicted molar refractivity (Wildman–Crippen MR) is 144 cm³/mol. The van der Waals surface area contributed by atoms with E-state index in [9.17, 15) is 0 Å². The standard InChI is InChI=1S/C32H36O5/c1-2-21-33-27-15-9-24(10-16-27)32(25-11-17-28(18-12-25)36-30-7-3-5-22-34-30)26-13-19-29(20-14-26)37-31-8-4-6-23-35-31/h2,9-20,30-32H,1,3-8,21-23H2. The zero-order chi connectivity index (χ0) is 25.3. The smallest absolute Gasteiger partial charge is 0.199 e. The third-order valence-electron chi connectivity index (χ3n) is 6.82. The highest BCUT2D eigenvalue weighted by molar-refractivity contribution is 5.46. The first-order valence-electron chi connectivity index (χ1n) is 13.4. The van der Waals surface area contributed by atoms with Crippen LogP contribution in [-0.2, 0) is 9.47 Å². The number of hydrogen-bond acceptors (Lipinski definition) is 5. The summed E-state index contributed by atoms with van der Waals surface area (Å²) in [6.45, 7) is 5.75. The third kappa shape index (κ3) is 6.94. The van der Waals surface area contributed by atoms with E-state index in [0.717, 1.165) is 69.0 Å². The lowest BCUT2D eigenvalue weighted by atomic mass is 9.85. The van der Waals surface area contributed by atoms with Gasteiger partial charge in [-0.15, -0.1) is 0 Å². The molecule has 2 fully saturated rings. The fraction of sp³-hybridized carbons (Fsp3) is 0.375. The molecule has 2 aliphatic heterocycles. The van der Waals surface area contributed by atoms with Gasteiger partial charge < -0.3 is 23.7 Å². The molecule has 0 N–H and O–H groups in total. The lowest BCUT2D eigenvalue weighted by Gasteiger charge is -2.25. The van der Waals surface area contributed by atoms with Crippen molar-refractivity contribution >= 4 is 0 Å². The molecule has 3 aromatic rings. The minimum absolute atomic E-state index is 0.0495. The predicted octanol–water partition coefficient (Wildman–Crippen LogP) is 7.24. The minimum Gasteiger partial charge on any atom is -0.490 e. The molecule has 0 aromatic heterocycles. The second-order valence-corrected chi connectivity index (χ2v) is 9.57. The summed E-state index contributed by atoms with van der Waals surface area (Å²) >= 11 is 0. The Kier molecular flexibility index (Phi) is 8.78. The van der Waals surface area contributed by atoms with Gasteiger partial charge in [-0.1, -0.05) is 49.1 Å². The number of rotatable bonds is 10. The molecule has 37 heavy (non-hydrogen) atoms. The summed E-state index contributed by atoms with van der Waals surface area (Å²) in [5, 5.41) is 0. The molecule has 0 amide bonds. The maximum atomic E-state index is 6.07. The van der Waals surface area contributed by atoms with Crippen LogP contribution in [0.4, 0.5) is 0 Å². The quantitative estimate of drug-likeness (QED) is 0.217. The SMILES string of the molecule is C=CCOc1ccc(C(c2ccc(OC3CCCCO3)cc2)c2ccc(OC3CCCCO3)cc2)cc1. The molecule has 0 radical (unpaired) electrons. The molecular formula is C32H36O5. The zero-order valence-corrected chi connectivity index (χ0v) is 21.3. The highest BCUT2D eigenvalue weighted by atomic mass is 16.7. The molecule has 2 saturated heterocycles. The van der Waals surface area contributed by atoms with E-state index in [-0.39, 0.29) is 18.5 Å². The normalized spacial score (nSPS) is 20.5. The van der Waals surface area contributed by atoms with Gasteiger partial charge in [0, 0.05) is 18.8 Å². The molecule has 5 rings (SSSR count). The summed E-state index contributed by atoms with van der Waals surface area (Å²) in [5.74, 6) is 2.54. The van der Waals surface area contributed by atoms with Crippen LogP contribution in [0.3, 0.4) is 0 Å². The number of ether oxygens (including phenoxy) is 5. The van der Waals surface area contributed by atoms with Crippen molar-refractivity contribution < 1.29 is 23.7 Å². The van der Waals surface area contributed by atoms with Crippen LogP contribution in [-0.4, -0.2) is 32.4 Å². The van der Waals surface area contributed by atoms with Gasteiger partial charge in [-0.3, -0.25) is 0 Å². The first-order chi connectivity index (χ1) is 18.3. The average Bonchev–Trinajstić information content (AvgIpc) is 2.96. The van der Waals surface area contributed by atoms with Crippen molar-refractivity contribution in [2.45, 2.75) is 57.0 Å². The van der Waals surface area contributed by atoms with Crippen molar-refractivity contribution in [2.24, 2.45) is 0 Å². The summed E-state index contributed by atoms with van der Waals surface area (Å²) in [5.41, 5.74) is 3.54. The molecule has 5 nitrogen and oxygen atoms in total. The lowest BCUT2D eigenvalue weighted by Crippen LogP contribution is -2.25. The van der Waals surface area contributed by atoms with Crippen LogP contribution >= 0.6 is 0 Å². The lowest BCUT2D eigenvalue weighted by molar-refractivity contribution is -0.106. The molecule has 3 aromatic carbocycles. The topological polar surface area (TPSA) is 46.2 Å². The molecule has 0 aliphatic carbocycles. The molecule has 2 aliphatic rings. The fourth-order valence-electron chi connectivity index (χ4n) is 4.88. The van der Waals surface area contributed by atoms with Crippen molar-refractivity contribution in [1.82, 2.24) is 0 Å². The van der Waals surface area contributed by atoms with Gasteiger partial charge >= 0.3 is 0 Å². The van der Waals surface area contributed by atoms with E-state index in [4.69, 9.17) is 23.7 Å². The van der Waals surface area contributed by atoms with E-state index in [2.05, 4.69) is 43.0 Å². The highest BCUT2D eigenvalue weighted by Gasteiger charge is 2.20. The van der Waals surface area contributed by atoms with Crippen LogP contribution < -0.4 is 14.2 Å². The van der Waals surface area contributed by atoms with Crippen LogP contribution in [0.2, 0.25) is 0 Å². The van der Waals surface area contributed by atoms with Gasteiger partial charge in [-0.25, -0.2) is 0 Å². The Labute approximate surface area is 220 Å². The summed E-state index contributed by atoms with van der Waals surface area (Å²) in [7, 11) is 0. The fourth-order valence-corrected chi connectivity index (χ4v) is 4.88. The highest BCUT2D eigenvalue weighted by Crippen LogP contribution is 2.35. The van der Waals surface area contributed by atoms with Gasteiger partial charge in [0.05, 0.1) is 13.2 Å². The Balaban J connectivity index is 1.37. The molecular weight excluding hydrogens is 464 g/mol. The Hall–Kier alpha value is -3.28. The summed E-state index contributed by atoms with van der Waals surface area (Å²) in [6, 6.07) is 25.0. The molecule has 2 atom stereocenters. The van der Waals surface area contributed by atoms with Gasteiger partial charge in [0.25, 0.3) is 0 Å². The second-order valence-electron chi connectivity index (χ2n) is 9.57. The third-order valence-corrected chi connectivity index (χ3v) is 6.82. The second kappa shape index (κ2) is 12.8. The molecule has 5 heteroatoms. The van der Waals surface area contributed by atoms with Crippen molar-refractivity contribution in [3.05, 3.63) is 102 Å². The Morgan fingerprint density at radius 2 is 1.08 bits per heavy atom. The van der Waals surface area contributed by atoms with E-state index in [1.165, 1.54) is 16.7 Å². The van der Waals surface area contributed by atoms with E-state index >= 15 is 0 Å². The molecule has 2 unspecified atom stereocenters. The minimum atomic E-state index is -0.154. The first kappa shape index (κ1) is 25.4. The summed E-state index contributed by atoms with van der Waals surface area (Å²) in [6.07, 6.45) is 7.81. The molecule has 0 bridgehead atoms. The zero-order valence-electron chi connectivity index (χ0n) is 21.3. The van der Waals surface area contributed by atoms with E-state index in [0.29, 0.717) is 6.61 Å². The summed E-state index contributed by atoms with van der Waals surface area (Å²) < 4.78 is 29.3. The van der Waals surface area contributed by atoms with Crippen LogP contribution in [0.15, 0.2) is 85.5 Å². The Morgan fingerprint density at radius 1 is 0.649 bits per heavy atom. The van der Waals surface area contributed by atoms with E-state index < -0.39 is 0 Å². The molecule has 194 valence electrons. The van der Waals surface area contributed by atoms with Crippen molar-refractivity contribution in [3.8, 4) is 17.2 Å². The molecule has 0 spiro atoms. The largest absolute Gasteiger partial charge is 0.490 e. The first-order valence-corrected chi connectivity index (χ1v) is 13.4. The maximum Gasteiger partial charge on any atom is 0.199 e. The molecule has 0 saturated carbocycles. The van der Waals surface area contributed by atoms with Crippen molar-refractivity contribution in [3.63, 3.8) is 0 Å². The average molecular weight is 501 g/mol. The van der Waals surface area contributed by atoms with Gasteiger partial charge in [0.15, 0.2) is 12.6 Å². The number of benzene rings is 3. The van der Waals surface area contributed by atoms with Crippen molar-refractivity contribution in [1.29, 1.82) is 0 Å².